The van der Waals surface area contributed by atoms with Gasteiger partial charge in [0.1, 0.15) is 30.0 Å². The highest BCUT2D eigenvalue weighted by Gasteiger charge is 2.29. The third-order valence-electron chi connectivity index (χ3n) is 4.99. The highest BCUT2D eigenvalue weighted by atomic mass is 19.4. The van der Waals surface area contributed by atoms with Gasteiger partial charge in [-0.05, 0) is 54.1 Å². The van der Waals surface area contributed by atoms with E-state index in [-0.39, 0.29) is 13.2 Å². The molecule has 0 bridgehead atoms. The van der Waals surface area contributed by atoms with E-state index in [9.17, 15) is 22.7 Å². The average Bonchev–Trinajstić information content (AvgIpc) is 3.21. The van der Waals surface area contributed by atoms with Crippen LogP contribution in [0.4, 0.5) is 17.6 Å². The van der Waals surface area contributed by atoms with Crippen LogP contribution < -0.4 is 10.1 Å². The van der Waals surface area contributed by atoms with Gasteiger partial charge in [-0.3, -0.25) is 0 Å². The molecule has 3 aromatic carbocycles. The van der Waals surface area contributed by atoms with Crippen molar-refractivity contribution >= 4 is 11.0 Å². The zero-order valence-corrected chi connectivity index (χ0v) is 17.3. The Labute approximate surface area is 186 Å². The summed E-state index contributed by atoms with van der Waals surface area (Å²) in [4.78, 5) is 0. The zero-order chi connectivity index (χ0) is 23.4. The van der Waals surface area contributed by atoms with Gasteiger partial charge in [-0.1, -0.05) is 17.3 Å². The molecule has 1 heterocycles. The fraction of sp³-hybridized carbons (Fsp3) is 0.208. The van der Waals surface area contributed by atoms with Crippen molar-refractivity contribution in [2.45, 2.75) is 18.8 Å². The van der Waals surface area contributed by atoms with Gasteiger partial charge in [0.15, 0.2) is 5.58 Å². The Morgan fingerprint density at radius 3 is 2.42 bits per heavy atom. The summed E-state index contributed by atoms with van der Waals surface area (Å²) in [6.45, 7) is 0.561. The molecule has 0 spiro atoms. The number of benzene rings is 3. The third-order valence-corrected chi connectivity index (χ3v) is 4.99. The highest BCUT2D eigenvalue weighted by Crippen LogP contribution is 2.30. The summed E-state index contributed by atoms with van der Waals surface area (Å²) in [6.07, 6.45) is -5.17. The van der Waals surface area contributed by atoms with Gasteiger partial charge in [-0.25, -0.2) is 4.39 Å². The quantitative estimate of drug-likeness (QED) is 0.355. The minimum Gasteiger partial charge on any atom is -0.491 e. The number of nitrogens with zero attached hydrogens (tertiary/aromatic N) is 1. The summed E-state index contributed by atoms with van der Waals surface area (Å²) in [5, 5.41) is 17.8. The van der Waals surface area contributed by atoms with Gasteiger partial charge >= 0.3 is 6.18 Å². The van der Waals surface area contributed by atoms with Crippen LogP contribution in [0.15, 0.2) is 71.3 Å². The molecular weight excluding hydrogens is 440 g/mol. The van der Waals surface area contributed by atoms with Crippen LogP contribution in [0.25, 0.3) is 22.2 Å². The van der Waals surface area contributed by atoms with E-state index in [0.717, 1.165) is 17.7 Å². The number of aliphatic hydroxyl groups is 1. The lowest BCUT2D eigenvalue weighted by Crippen LogP contribution is -2.31. The monoisotopic (exact) mass is 460 g/mol. The van der Waals surface area contributed by atoms with Crippen LogP contribution in [-0.4, -0.2) is 29.5 Å². The normalized spacial score (nSPS) is 12.8. The van der Waals surface area contributed by atoms with E-state index in [1.165, 1.54) is 24.3 Å². The fourth-order valence-corrected chi connectivity index (χ4v) is 3.27. The molecule has 172 valence electrons. The Balaban J connectivity index is 1.25. The summed E-state index contributed by atoms with van der Waals surface area (Å²) >= 11 is 0. The zero-order valence-electron chi connectivity index (χ0n) is 17.3. The van der Waals surface area contributed by atoms with E-state index in [4.69, 9.17) is 9.26 Å². The van der Waals surface area contributed by atoms with E-state index < -0.39 is 23.7 Å². The Bertz CT molecular complexity index is 1210. The number of aromatic nitrogens is 1. The predicted octanol–water partition coefficient (Wildman–Crippen LogP) is 5.18. The molecule has 4 aromatic rings. The maximum atomic E-state index is 13.3. The van der Waals surface area contributed by atoms with Crippen LogP contribution in [0, 0.1) is 5.82 Å². The van der Waals surface area contributed by atoms with Gasteiger partial charge in [-0.15, -0.1) is 0 Å². The number of hydrogen-bond acceptors (Lipinski definition) is 5. The van der Waals surface area contributed by atoms with Crippen molar-refractivity contribution in [1.82, 2.24) is 10.5 Å². The molecule has 1 aromatic heterocycles. The van der Waals surface area contributed by atoms with Crippen LogP contribution in [0.5, 0.6) is 5.75 Å². The van der Waals surface area contributed by atoms with Crippen LogP contribution in [0.2, 0.25) is 0 Å². The van der Waals surface area contributed by atoms with Gasteiger partial charge < -0.3 is 19.7 Å². The molecule has 2 N–H and O–H groups in total. The first-order valence-corrected chi connectivity index (χ1v) is 10.1. The van der Waals surface area contributed by atoms with Crippen molar-refractivity contribution in [2.75, 3.05) is 13.2 Å². The molecule has 0 amide bonds. The smallest absolute Gasteiger partial charge is 0.416 e. The Morgan fingerprint density at radius 1 is 1.00 bits per heavy atom. The Hall–Kier alpha value is -3.43. The Morgan fingerprint density at radius 2 is 1.73 bits per heavy atom. The number of fused-ring (bicyclic) bond motifs is 1. The summed E-state index contributed by atoms with van der Waals surface area (Å²) in [5.74, 6) is 0.140. The number of aliphatic hydroxyl groups excluding tert-OH is 1. The molecular formula is C24H20F4N2O3. The average molecular weight is 460 g/mol. The van der Waals surface area contributed by atoms with Gasteiger partial charge in [0.05, 0.1) is 5.56 Å². The molecule has 0 fully saturated rings. The number of halogens is 4. The highest BCUT2D eigenvalue weighted by molar-refractivity contribution is 5.91. The van der Waals surface area contributed by atoms with Crippen molar-refractivity contribution in [1.29, 1.82) is 0 Å². The van der Waals surface area contributed by atoms with E-state index >= 15 is 0 Å². The lowest BCUT2D eigenvalue weighted by atomic mass is 10.1. The fourth-order valence-electron chi connectivity index (χ4n) is 3.27. The Kier molecular flexibility index (Phi) is 6.62. The van der Waals surface area contributed by atoms with Crippen LogP contribution >= 0.6 is 0 Å². The van der Waals surface area contributed by atoms with E-state index in [2.05, 4.69) is 10.5 Å². The molecule has 0 aliphatic heterocycles. The summed E-state index contributed by atoms with van der Waals surface area (Å²) in [5.41, 5.74) is 1.69. The van der Waals surface area contributed by atoms with Crippen molar-refractivity contribution in [3.05, 3.63) is 83.7 Å². The lowest BCUT2D eigenvalue weighted by Gasteiger charge is -2.14. The topological polar surface area (TPSA) is 67.5 Å². The number of ether oxygens (including phenoxy) is 1. The van der Waals surface area contributed by atoms with Crippen LogP contribution in [0.1, 0.15) is 11.1 Å². The summed E-state index contributed by atoms with van der Waals surface area (Å²) < 4.78 is 61.8. The molecule has 0 saturated heterocycles. The second-order valence-corrected chi connectivity index (χ2v) is 7.49. The SMILES string of the molecule is O[C@H](CNCc1ccc(C(F)(F)F)cc1)COc1ccc(-c2noc3cc(F)ccc23)cc1. The van der Waals surface area contributed by atoms with E-state index in [1.807, 2.05) is 0 Å². The van der Waals surface area contributed by atoms with Crippen molar-refractivity contribution in [2.24, 2.45) is 0 Å². The van der Waals surface area contributed by atoms with Gasteiger partial charge in [-0.2, -0.15) is 13.2 Å². The van der Waals surface area contributed by atoms with Gasteiger partial charge in [0.2, 0.25) is 0 Å². The molecule has 9 heteroatoms. The van der Waals surface area contributed by atoms with Crippen molar-refractivity contribution in [3.63, 3.8) is 0 Å². The second-order valence-electron chi connectivity index (χ2n) is 7.49. The largest absolute Gasteiger partial charge is 0.491 e. The van der Waals surface area contributed by atoms with Crippen molar-refractivity contribution < 1.29 is 31.9 Å². The minimum absolute atomic E-state index is 0.0333. The number of rotatable bonds is 8. The first-order chi connectivity index (χ1) is 15.8. The first-order valence-electron chi connectivity index (χ1n) is 10.1. The molecule has 0 unspecified atom stereocenters. The lowest BCUT2D eigenvalue weighted by molar-refractivity contribution is -0.137. The summed E-state index contributed by atoms with van der Waals surface area (Å²) in [7, 11) is 0. The molecule has 0 aliphatic rings. The van der Waals surface area contributed by atoms with Crippen LogP contribution in [-0.2, 0) is 12.7 Å². The maximum absolute atomic E-state index is 13.3. The van der Waals surface area contributed by atoms with E-state index in [1.54, 1.807) is 30.3 Å². The molecule has 5 nitrogen and oxygen atoms in total. The predicted molar refractivity (Wildman–Crippen MR) is 114 cm³/mol. The van der Waals surface area contributed by atoms with Crippen molar-refractivity contribution in [3.8, 4) is 17.0 Å². The molecule has 0 saturated carbocycles. The molecule has 1 atom stereocenters. The maximum Gasteiger partial charge on any atom is 0.416 e. The molecule has 4 rings (SSSR count). The number of hydrogen-bond donors (Lipinski definition) is 2. The standard InChI is InChI=1S/C24H20F4N2O3/c25-18-7-10-21-22(11-18)33-30-23(21)16-3-8-20(9-4-16)32-14-19(31)13-29-12-15-1-5-17(6-2-15)24(26,27)28/h1-11,19,29,31H,12-14H2/t19-/m1/s1. The number of alkyl halides is 3. The molecule has 33 heavy (non-hydrogen) atoms. The minimum atomic E-state index is -4.36. The molecule has 0 aliphatic carbocycles. The van der Waals surface area contributed by atoms with Gasteiger partial charge in [0.25, 0.3) is 0 Å². The molecule has 0 radical (unpaired) electrons. The summed E-state index contributed by atoms with van der Waals surface area (Å²) in [6, 6.07) is 16.1. The van der Waals surface area contributed by atoms with E-state index in [0.29, 0.717) is 34.5 Å². The second kappa shape index (κ2) is 9.60. The number of nitrogens with one attached hydrogen (secondary N) is 1. The van der Waals surface area contributed by atoms with Gasteiger partial charge in [0, 0.05) is 30.1 Å². The third kappa shape index (κ3) is 5.68. The first kappa shape index (κ1) is 22.8. The van der Waals surface area contributed by atoms with Crippen LogP contribution in [0.3, 0.4) is 0 Å².